The molecule has 1 N–H and O–H groups in total. The molecule has 2 atom stereocenters. The molecule has 1 heterocycles. The van der Waals surface area contributed by atoms with Crippen LogP contribution in [0.25, 0.3) is 0 Å². The molecular weight excluding hydrogens is 218 g/mol. The van der Waals surface area contributed by atoms with Crippen LogP contribution < -0.4 is 0 Å². The monoisotopic (exact) mass is 241 g/mol. The predicted molar refractivity (Wildman–Crippen MR) is 64.6 cm³/mol. The molecule has 1 saturated carbocycles. The molecule has 1 amide bonds. The highest BCUT2D eigenvalue weighted by Crippen LogP contribution is 2.41. The third-order valence-electron chi connectivity index (χ3n) is 3.50. The number of hydrogen-bond donors (Lipinski definition) is 1. The summed E-state index contributed by atoms with van der Waals surface area (Å²) in [4.78, 5) is 13.7. The molecule has 0 unspecified atom stereocenters. The summed E-state index contributed by atoms with van der Waals surface area (Å²) >= 11 is 0. The molecule has 2 rings (SSSR count). The minimum absolute atomic E-state index is 0.235. The van der Waals surface area contributed by atoms with Crippen molar-refractivity contribution in [2.45, 2.75) is 51.7 Å². The first kappa shape index (κ1) is 12.7. The van der Waals surface area contributed by atoms with Gasteiger partial charge in [0.25, 0.3) is 0 Å². The Labute approximate surface area is 103 Å². The molecule has 0 aromatic rings. The maximum Gasteiger partial charge on any atom is 0.410 e. The number of hydrogen-bond acceptors (Lipinski definition) is 3. The molecule has 0 bridgehead atoms. The molecule has 4 nitrogen and oxygen atoms in total. The van der Waals surface area contributed by atoms with Gasteiger partial charge in [0.2, 0.25) is 0 Å². The van der Waals surface area contributed by atoms with E-state index in [1.165, 1.54) is 12.8 Å². The first-order valence-electron chi connectivity index (χ1n) is 6.53. The lowest BCUT2D eigenvalue weighted by molar-refractivity contribution is -0.0128. The van der Waals surface area contributed by atoms with E-state index in [4.69, 9.17) is 4.74 Å². The van der Waals surface area contributed by atoms with E-state index >= 15 is 0 Å². The highest BCUT2D eigenvalue weighted by Gasteiger charge is 2.41. The van der Waals surface area contributed by atoms with Gasteiger partial charge in [-0.15, -0.1) is 0 Å². The van der Waals surface area contributed by atoms with Gasteiger partial charge in [-0.1, -0.05) is 0 Å². The number of nitrogens with zero attached hydrogens (tertiary/aromatic N) is 1. The Morgan fingerprint density at radius 1 is 1.29 bits per heavy atom. The number of carbonyl (C=O) groups excluding carboxylic acids is 1. The maximum absolute atomic E-state index is 11.9. The Bertz CT molecular complexity index is 294. The lowest BCUT2D eigenvalue weighted by atomic mass is 9.90. The van der Waals surface area contributed by atoms with E-state index in [2.05, 4.69) is 0 Å². The number of piperidine rings is 1. The van der Waals surface area contributed by atoms with E-state index < -0.39 is 5.60 Å². The number of rotatable bonds is 1. The van der Waals surface area contributed by atoms with Crippen LogP contribution in [0.3, 0.4) is 0 Å². The van der Waals surface area contributed by atoms with Crippen LogP contribution in [-0.2, 0) is 4.74 Å². The van der Waals surface area contributed by atoms with Gasteiger partial charge in [-0.2, -0.15) is 0 Å². The highest BCUT2D eigenvalue weighted by atomic mass is 16.6. The van der Waals surface area contributed by atoms with Crippen LogP contribution >= 0.6 is 0 Å². The molecule has 0 aromatic heterocycles. The Balaban J connectivity index is 1.91. The molecule has 1 aliphatic carbocycles. The Kier molecular flexibility index (Phi) is 3.34. The number of carbonyl (C=O) groups is 1. The van der Waals surface area contributed by atoms with Crippen LogP contribution in [0.5, 0.6) is 0 Å². The Hall–Kier alpha value is -0.770. The van der Waals surface area contributed by atoms with Gasteiger partial charge >= 0.3 is 6.09 Å². The fourth-order valence-electron chi connectivity index (χ4n) is 2.45. The summed E-state index contributed by atoms with van der Waals surface area (Å²) in [5.41, 5.74) is -0.442. The molecule has 0 radical (unpaired) electrons. The summed E-state index contributed by atoms with van der Waals surface area (Å²) in [7, 11) is 0. The molecular formula is C13H23NO3. The van der Waals surface area contributed by atoms with Crippen LogP contribution in [0, 0.1) is 11.8 Å². The maximum atomic E-state index is 11.9. The summed E-state index contributed by atoms with van der Waals surface area (Å²) in [6.07, 6.45) is 2.60. The van der Waals surface area contributed by atoms with Crippen LogP contribution in [-0.4, -0.2) is 40.9 Å². The van der Waals surface area contributed by atoms with E-state index in [9.17, 15) is 9.90 Å². The topological polar surface area (TPSA) is 49.8 Å². The zero-order valence-corrected chi connectivity index (χ0v) is 11.0. The lowest BCUT2D eigenvalue weighted by Crippen LogP contribution is -2.48. The van der Waals surface area contributed by atoms with E-state index in [0.29, 0.717) is 25.4 Å². The second kappa shape index (κ2) is 4.48. The molecule has 1 aliphatic heterocycles. The molecule has 2 fully saturated rings. The van der Waals surface area contributed by atoms with Crippen LogP contribution in [0.4, 0.5) is 4.79 Å². The number of amides is 1. The van der Waals surface area contributed by atoms with Gasteiger partial charge in [-0.3, -0.25) is 0 Å². The predicted octanol–water partition coefficient (Wildman–Crippen LogP) is 2.01. The van der Waals surface area contributed by atoms with Crippen molar-refractivity contribution >= 4 is 6.09 Å². The number of ether oxygens (including phenoxy) is 1. The first-order chi connectivity index (χ1) is 7.87. The fraction of sp³-hybridized carbons (Fsp3) is 0.923. The third kappa shape index (κ3) is 3.35. The van der Waals surface area contributed by atoms with E-state index in [0.717, 1.165) is 0 Å². The Morgan fingerprint density at radius 3 is 2.47 bits per heavy atom. The lowest BCUT2D eigenvalue weighted by Gasteiger charge is -2.37. The largest absolute Gasteiger partial charge is 0.444 e. The van der Waals surface area contributed by atoms with Gasteiger partial charge < -0.3 is 14.7 Å². The van der Waals surface area contributed by atoms with Crippen molar-refractivity contribution in [2.24, 2.45) is 11.8 Å². The zero-order valence-electron chi connectivity index (χ0n) is 11.0. The molecule has 2 aliphatic rings. The van der Waals surface area contributed by atoms with Gasteiger partial charge in [0.15, 0.2) is 0 Å². The van der Waals surface area contributed by atoms with Gasteiger partial charge in [0.05, 0.1) is 6.10 Å². The van der Waals surface area contributed by atoms with Crippen molar-refractivity contribution in [3.05, 3.63) is 0 Å². The second-order valence-corrected chi connectivity index (χ2v) is 6.28. The van der Waals surface area contributed by atoms with Crippen LogP contribution in [0.1, 0.15) is 40.0 Å². The number of likely N-dealkylation sites (tertiary alicyclic amines) is 1. The van der Waals surface area contributed by atoms with Crippen molar-refractivity contribution < 1.29 is 14.6 Å². The van der Waals surface area contributed by atoms with Crippen molar-refractivity contribution in [3.63, 3.8) is 0 Å². The summed E-state index contributed by atoms with van der Waals surface area (Å²) in [5, 5.41) is 9.93. The van der Waals surface area contributed by atoms with Crippen LogP contribution in [0.15, 0.2) is 0 Å². The van der Waals surface area contributed by atoms with E-state index in [1.807, 2.05) is 20.8 Å². The Morgan fingerprint density at radius 2 is 1.94 bits per heavy atom. The molecule has 98 valence electrons. The fourth-order valence-corrected chi connectivity index (χ4v) is 2.45. The minimum atomic E-state index is -0.442. The summed E-state index contributed by atoms with van der Waals surface area (Å²) in [6, 6.07) is 0. The first-order valence-corrected chi connectivity index (χ1v) is 6.53. The molecule has 4 heteroatoms. The molecule has 17 heavy (non-hydrogen) atoms. The zero-order chi connectivity index (χ0) is 12.6. The minimum Gasteiger partial charge on any atom is -0.444 e. The summed E-state index contributed by atoms with van der Waals surface area (Å²) < 4.78 is 5.37. The molecule has 0 aromatic carbocycles. The summed E-state index contributed by atoms with van der Waals surface area (Å²) in [5.74, 6) is 0.881. The van der Waals surface area contributed by atoms with Gasteiger partial charge in [-0.05, 0) is 46.0 Å². The molecule has 1 saturated heterocycles. The quantitative estimate of drug-likeness (QED) is 0.764. The molecule has 0 spiro atoms. The van der Waals surface area contributed by atoms with Gasteiger partial charge in [0.1, 0.15) is 5.60 Å². The third-order valence-corrected chi connectivity index (χ3v) is 3.50. The van der Waals surface area contributed by atoms with E-state index in [1.54, 1.807) is 4.90 Å². The van der Waals surface area contributed by atoms with Crippen LogP contribution in [0.2, 0.25) is 0 Å². The van der Waals surface area contributed by atoms with Gasteiger partial charge in [-0.25, -0.2) is 4.79 Å². The van der Waals surface area contributed by atoms with Crippen molar-refractivity contribution in [2.75, 3.05) is 13.1 Å². The van der Waals surface area contributed by atoms with Crippen molar-refractivity contribution in [1.29, 1.82) is 0 Å². The van der Waals surface area contributed by atoms with E-state index in [-0.39, 0.29) is 18.1 Å². The number of aliphatic hydroxyl groups excluding tert-OH is 1. The van der Waals surface area contributed by atoms with Crippen molar-refractivity contribution in [3.8, 4) is 0 Å². The standard InChI is InChI=1S/C13H23NO3/c1-13(2,3)17-12(16)14-7-6-11(15)10(8-14)9-4-5-9/h9-11,15H,4-8H2,1-3H3/t10-,11-/m0/s1. The average Bonchev–Trinajstić information content (AvgIpc) is 2.99. The normalized spacial score (nSPS) is 30.2. The smallest absolute Gasteiger partial charge is 0.410 e. The highest BCUT2D eigenvalue weighted by molar-refractivity contribution is 5.68. The van der Waals surface area contributed by atoms with Crippen molar-refractivity contribution in [1.82, 2.24) is 4.90 Å². The SMILES string of the molecule is CC(C)(C)OC(=O)N1CC[C@H](O)[C@H](C2CC2)C1. The van der Waals surface area contributed by atoms with Gasteiger partial charge in [0, 0.05) is 19.0 Å². The summed E-state index contributed by atoms with van der Waals surface area (Å²) in [6.45, 7) is 6.90. The second-order valence-electron chi connectivity index (χ2n) is 6.28. The average molecular weight is 241 g/mol. The number of aliphatic hydroxyl groups is 1.